The minimum absolute atomic E-state index is 0.112. The maximum atomic E-state index is 12.9. The number of thioether (sulfide) groups is 1. The maximum Gasteiger partial charge on any atom is 0.449 e. The van der Waals surface area contributed by atoms with Gasteiger partial charge in [0.2, 0.25) is 5.84 Å². The Bertz CT molecular complexity index is 598. The van der Waals surface area contributed by atoms with Gasteiger partial charge in [0.15, 0.2) is 0 Å². The number of amidine groups is 1. The van der Waals surface area contributed by atoms with Crippen LogP contribution in [0.25, 0.3) is 0 Å². The fraction of sp³-hybridized carbons (Fsp3) is 0.417. The number of rotatable bonds is 3. The molecule has 0 saturated carbocycles. The van der Waals surface area contributed by atoms with Crippen molar-refractivity contribution in [2.24, 2.45) is 4.99 Å². The van der Waals surface area contributed by atoms with E-state index in [1.54, 1.807) is 0 Å². The van der Waals surface area contributed by atoms with Gasteiger partial charge in [-0.05, 0) is 44.0 Å². The average molecular weight is 488 g/mol. The minimum Gasteiger partial charge on any atom is -0.359 e. The molecule has 130 valence electrons. The lowest BCUT2D eigenvalue weighted by atomic mass is 10.3. The van der Waals surface area contributed by atoms with E-state index in [-0.39, 0.29) is 15.1 Å². The Morgan fingerprint density at radius 1 is 1.09 bits per heavy atom. The largest absolute Gasteiger partial charge is 0.449 e. The lowest BCUT2D eigenvalue weighted by molar-refractivity contribution is -0.105. The Morgan fingerprint density at radius 2 is 1.65 bits per heavy atom. The van der Waals surface area contributed by atoms with E-state index < -0.39 is 23.9 Å². The van der Waals surface area contributed by atoms with Crippen LogP contribution in [0.15, 0.2) is 31.0 Å². The van der Waals surface area contributed by atoms with Gasteiger partial charge in [0, 0.05) is 27.9 Å². The van der Waals surface area contributed by atoms with Gasteiger partial charge in [-0.1, -0.05) is 0 Å². The first-order valence-corrected chi connectivity index (χ1v) is 8.40. The summed E-state index contributed by atoms with van der Waals surface area (Å²) < 4.78 is 76.2. The summed E-state index contributed by atoms with van der Waals surface area (Å²) in [5, 5.41) is 0. The Kier molecular flexibility index (Phi) is 6.85. The maximum absolute atomic E-state index is 12.9. The molecule has 11 heteroatoms. The van der Waals surface area contributed by atoms with Crippen molar-refractivity contribution in [1.29, 1.82) is 0 Å². The van der Waals surface area contributed by atoms with Gasteiger partial charge in [0.25, 0.3) is 0 Å². The molecule has 0 amide bonds. The molecule has 0 spiro atoms. The van der Waals surface area contributed by atoms with Crippen molar-refractivity contribution in [3.05, 3.63) is 21.1 Å². The fourth-order valence-corrected chi connectivity index (χ4v) is 3.54. The minimum atomic E-state index is -4.69. The number of alkyl halides is 6. The average Bonchev–Trinajstić information content (AvgIpc) is 2.33. The number of nitrogens with zero attached hydrogens (tertiary/aromatic N) is 2. The van der Waals surface area contributed by atoms with Crippen molar-refractivity contribution in [2.45, 2.75) is 17.2 Å². The van der Waals surface area contributed by atoms with Crippen molar-refractivity contribution in [3.63, 3.8) is 0 Å². The molecule has 0 bridgehead atoms. The molecule has 0 aliphatic heterocycles. The molecule has 0 radical (unpaired) electrons. The van der Waals surface area contributed by atoms with Gasteiger partial charge < -0.3 is 4.90 Å². The van der Waals surface area contributed by atoms with Gasteiger partial charge in [0.1, 0.15) is 0 Å². The first-order chi connectivity index (χ1) is 10.3. The summed E-state index contributed by atoms with van der Waals surface area (Å²) in [5.41, 5.74) is -0.112. The van der Waals surface area contributed by atoms with Crippen molar-refractivity contribution < 1.29 is 26.3 Å². The molecule has 0 aromatic heterocycles. The zero-order valence-electron chi connectivity index (χ0n) is 11.7. The predicted molar refractivity (Wildman–Crippen MR) is 85.5 cm³/mol. The lowest BCUT2D eigenvalue weighted by Crippen LogP contribution is -2.35. The third-order valence-corrected chi connectivity index (χ3v) is 4.97. The van der Waals surface area contributed by atoms with Gasteiger partial charge in [-0.25, -0.2) is 4.99 Å². The van der Waals surface area contributed by atoms with E-state index in [2.05, 4.69) is 36.9 Å². The Morgan fingerprint density at radius 3 is 2.09 bits per heavy atom. The molecule has 0 saturated heterocycles. The first kappa shape index (κ1) is 20.6. The molecule has 0 aliphatic rings. The molecule has 0 unspecified atom stereocenters. The summed E-state index contributed by atoms with van der Waals surface area (Å²) in [5.74, 6) is -2.32. The van der Waals surface area contributed by atoms with Crippen LogP contribution < -0.4 is 0 Å². The summed E-state index contributed by atoms with van der Waals surface area (Å²) in [6.45, 7) is 0. The summed E-state index contributed by atoms with van der Waals surface area (Å²) in [6.07, 6.45) is -9.07. The van der Waals surface area contributed by atoms with E-state index in [0.717, 1.165) is 4.90 Å². The van der Waals surface area contributed by atoms with Crippen molar-refractivity contribution >= 4 is 55.1 Å². The molecule has 0 aliphatic carbocycles. The van der Waals surface area contributed by atoms with Gasteiger partial charge in [-0.15, -0.1) is 11.8 Å². The van der Waals surface area contributed by atoms with Crippen molar-refractivity contribution in [3.8, 4) is 0 Å². The second kappa shape index (κ2) is 7.64. The summed E-state index contributed by atoms with van der Waals surface area (Å²) in [4.78, 5) is 4.46. The quantitative estimate of drug-likeness (QED) is 0.224. The zero-order chi connectivity index (χ0) is 18.0. The summed E-state index contributed by atoms with van der Waals surface area (Å²) in [6, 6.07) is 2.53. The van der Waals surface area contributed by atoms with Crippen LogP contribution in [0.2, 0.25) is 0 Å². The molecule has 0 atom stereocenters. The fourth-order valence-electron chi connectivity index (χ4n) is 1.41. The van der Waals surface area contributed by atoms with Crippen LogP contribution in [0.3, 0.4) is 0 Å². The standard InChI is InChI=1S/C12H10Br2F6N2S/c1-22(2)10(12(18,19)20)21-8-4-9(7(14)3-6(8)13)23-5-11(15,16)17/h3-4H,5H2,1-2H3. The summed E-state index contributed by atoms with van der Waals surface area (Å²) in [7, 11) is 2.36. The van der Waals surface area contributed by atoms with E-state index in [1.807, 2.05) is 0 Å². The number of hydrogen-bond donors (Lipinski definition) is 0. The first-order valence-electron chi connectivity index (χ1n) is 5.83. The molecule has 0 fully saturated rings. The highest BCUT2D eigenvalue weighted by atomic mass is 79.9. The van der Waals surface area contributed by atoms with Crippen molar-refractivity contribution in [2.75, 3.05) is 19.8 Å². The van der Waals surface area contributed by atoms with Gasteiger partial charge >= 0.3 is 12.4 Å². The topological polar surface area (TPSA) is 15.6 Å². The predicted octanol–water partition coefficient (Wildman–Crippen LogP) is 6.02. The van der Waals surface area contributed by atoms with Crippen LogP contribution in [0, 0.1) is 0 Å². The Hall–Kier alpha value is -0.420. The highest BCUT2D eigenvalue weighted by Crippen LogP contribution is 2.39. The van der Waals surface area contributed by atoms with Crippen LogP contribution in [0.1, 0.15) is 0 Å². The molecule has 1 aromatic rings. The molecular formula is C12H10Br2F6N2S. The van der Waals surface area contributed by atoms with Gasteiger partial charge in [0.05, 0.1) is 11.4 Å². The van der Waals surface area contributed by atoms with E-state index in [4.69, 9.17) is 0 Å². The van der Waals surface area contributed by atoms with Crippen LogP contribution in [0.4, 0.5) is 32.0 Å². The van der Waals surface area contributed by atoms with Crippen LogP contribution in [-0.4, -0.2) is 42.9 Å². The monoisotopic (exact) mass is 486 g/mol. The Labute approximate surface area is 149 Å². The van der Waals surface area contributed by atoms with Crippen LogP contribution in [0.5, 0.6) is 0 Å². The second-order valence-corrected chi connectivity index (χ2v) is 7.19. The van der Waals surface area contributed by atoms with E-state index in [1.165, 1.54) is 26.2 Å². The number of hydrogen-bond acceptors (Lipinski definition) is 2. The van der Waals surface area contributed by atoms with E-state index in [0.29, 0.717) is 16.2 Å². The highest BCUT2D eigenvalue weighted by molar-refractivity contribution is 9.11. The van der Waals surface area contributed by atoms with E-state index in [9.17, 15) is 26.3 Å². The highest BCUT2D eigenvalue weighted by Gasteiger charge is 2.37. The molecular weight excluding hydrogens is 478 g/mol. The lowest BCUT2D eigenvalue weighted by Gasteiger charge is -2.18. The molecule has 0 N–H and O–H groups in total. The molecule has 1 aromatic carbocycles. The molecule has 2 nitrogen and oxygen atoms in total. The van der Waals surface area contributed by atoms with Crippen LogP contribution >= 0.6 is 43.6 Å². The molecule has 23 heavy (non-hydrogen) atoms. The molecule has 0 heterocycles. The molecule has 1 rings (SSSR count). The second-order valence-electron chi connectivity index (χ2n) is 4.47. The Balaban J connectivity index is 3.26. The third kappa shape index (κ3) is 6.54. The number of halogens is 8. The number of aliphatic imine (C=N–C) groups is 1. The van der Waals surface area contributed by atoms with Crippen LogP contribution in [-0.2, 0) is 0 Å². The van der Waals surface area contributed by atoms with E-state index >= 15 is 0 Å². The van der Waals surface area contributed by atoms with Crippen molar-refractivity contribution in [1.82, 2.24) is 4.90 Å². The third-order valence-electron chi connectivity index (χ3n) is 2.30. The summed E-state index contributed by atoms with van der Waals surface area (Å²) >= 11 is 6.61. The van der Waals surface area contributed by atoms with Gasteiger partial charge in [-0.2, -0.15) is 26.3 Å². The zero-order valence-corrected chi connectivity index (χ0v) is 15.7. The normalized spacial score (nSPS) is 13.4. The van der Waals surface area contributed by atoms with Gasteiger partial charge in [-0.3, -0.25) is 0 Å². The number of benzene rings is 1. The SMILES string of the molecule is CN(C)C(=Nc1cc(SCC(F)(F)F)c(Br)cc1Br)C(F)(F)F. The smallest absolute Gasteiger partial charge is 0.359 e.